The Morgan fingerprint density at radius 1 is 1.26 bits per heavy atom. The Morgan fingerprint density at radius 2 is 1.84 bits per heavy atom. The first-order valence-electron chi connectivity index (χ1n) is 6.68. The maximum absolute atomic E-state index is 10.8. The molecule has 0 N–H and O–H groups in total. The third-order valence-electron chi connectivity index (χ3n) is 3.51. The zero-order chi connectivity index (χ0) is 13.8. The van der Waals surface area contributed by atoms with E-state index in [0.717, 1.165) is 36.5 Å². The van der Waals surface area contributed by atoms with Gasteiger partial charge in [0.15, 0.2) is 0 Å². The summed E-state index contributed by atoms with van der Waals surface area (Å²) in [4.78, 5) is 12.8. The molecule has 1 fully saturated rings. The summed E-state index contributed by atoms with van der Waals surface area (Å²) in [5.41, 5.74) is 1.78. The molecule has 0 saturated carbocycles. The number of rotatable bonds is 5. The lowest BCUT2D eigenvalue weighted by atomic mass is 10.1. The SMILES string of the molecule is Cc1cc([N+](=O)[O-])cc(C)c1OCCN1CCCC1. The lowest BCUT2D eigenvalue weighted by Crippen LogP contribution is -2.25. The Morgan fingerprint density at radius 3 is 2.37 bits per heavy atom. The normalized spacial score (nSPS) is 15.7. The Hall–Kier alpha value is -1.62. The van der Waals surface area contributed by atoms with Crippen LogP contribution in [0.2, 0.25) is 0 Å². The topological polar surface area (TPSA) is 55.6 Å². The smallest absolute Gasteiger partial charge is 0.270 e. The van der Waals surface area contributed by atoms with E-state index in [9.17, 15) is 10.1 Å². The number of hydrogen-bond acceptors (Lipinski definition) is 4. The summed E-state index contributed by atoms with van der Waals surface area (Å²) < 4.78 is 5.80. The minimum absolute atomic E-state index is 0.127. The van der Waals surface area contributed by atoms with Crippen LogP contribution in [0.3, 0.4) is 0 Å². The molecule has 0 radical (unpaired) electrons. The molecule has 0 atom stereocenters. The van der Waals surface area contributed by atoms with Gasteiger partial charge in [0, 0.05) is 18.7 Å². The summed E-state index contributed by atoms with van der Waals surface area (Å²) in [6, 6.07) is 3.14. The van der Waals surface area contributed by atoms with E-state index < -0.39 is 0 Å². The molecule has 0 amide bonds. The lowest BCUT2D eigenvalue weighted by molar-refractivity contribution is -0.385. The minimum Gasteiger partial charge on any atom is -0.492 e. The number of benzene rings is 1. The number of nitrogens with zero attached hydrogens (tertiary/aromatic N) is 2. The molecule has 1 aromatic carbocycles. The monoisotopic (exact) mass is 264 g/mol. The molecule has 1 heterocycles. The van der Waals surface area contributed by atoms with Crippen molar-refractivity contribution in [2.24, 2.45) is 0 Å². The minimum atomic E-state index is -0.367. The van der Waals surface area contributed by atoms with Crippen LogP contribution in [0.15, 0.2) is 12.1 Å². The maximum Gasteiger partial charge on any atom is 0.270 e. The van der Waals surface area contributed by atoms with E-state index in [4.69, 9.17) is 4.74 Å². The molecule has 1 aromatic rings. The van der Waals surface area contributed by atoms with Crippen LogP contribution in [0.5, 0.6) is 5.75 Å². The van der Waals surface area contributed by atoms with Crippen LogP contribution >= 0.6 is 0 Å². The number of aryl methyl sites for hydroxylation is 2. The third-order valence-corrected chi connectivity index (χ3v) is 3.51. The van der Waals surface area contributed by atoms with Crippen molar-refractivity contribution in [2.45, 2.75) is 26.7 Å². The van der Waals surface area contributed by atoms with Crippen molar-refractivity contribution in [1.82, 2.24) is 4.90 Å². The molecule has 1 saturated heterocycles. The fraction of sp³-hybridized carbons (Fsp3) is 0.571. The van der Waals surface area contributed by atoms with Gasteiger partial charge in [0.05, 0.1) is 4.92 Å². The molecule has 1 aliphatic heterocycles. The van der Waals surface area contributed by atoms with Gasteiger partial charge in [-0.15, -0.1) is 0 Å². The van der Waals surface area contributed by atoms with Crippen LogP contribution in [0, 0.1) is 24.0 Å². The number of likely N-dealkylation sites (tertiary alicyclic amines) is 1. The second kappa shape index (κ2) is 6.02. The van der Waals surface area contributed by atoms with Crippen molar-refractivity contribution < 1.29 is 9.66 Å². The van der Waals surface area contributed by atoms with Crippen LogP contribution in [0.4, 0.5) is 5.69 Å². The van der Waals surface area contributed by atoms with E-state index in [1.54, 1.807) is 12.1 Å². The average Bonchev–Trinajstić information content (AvgIpc) is 2.85. The van der Waals surface area contributed by atoms with Crippen LogP contribution in [-0.2, 0) is 0 Å². The highest BCUT2D eigenvalue weighted by Crippen LogP contribution is 2.28. The first-order chi connectivity index (χ1) is 9.08. The highest BCUT2D eigenvalue weighted by atomic mass is 16.6. The number of hydrogen-bond donors (Lipinski definition) is 0. The second-order valence-corrected chi connectivity index (χ2v) is 5.06. The first-order valence-corrected chi connectivity index (χ1v) is 6.68. The molecular formula is C14H20N2O3. The Balaban J connectivity index is 1.97. The first kappa shape index (κ1) is 13.8. The standard InChI is InChI=1S/C14H20N2O3/c1-11-9-13(16(17)18)10-12(2)14(11)19-8-7-15-5-3-4-6-15/h9-10H,3-8H2,1-2H3. The fourth-order valence-corrected chi connectivity index (χ4v) is 2.54. The molecule has 0 unspecified atom stereocenters. The van der Waals surface area contributed by atoms with Crippen molar-refractivity contribution >= 4 is 5.69 Å². The van der Waals surface area contributed by atoms with Gasteiger partial charge in [0.1, 0.15) is 12.4 Å². The quantitative estimate of drug-likeness (QED) is 0.606. The van der Waals surface area contributed by atoms with Crippen LogP contribution < -0.4 is 4.74 Å². The fourth-order valence-electron chi connectivity index (χ4n) is 2.54. The summed E-state index contributed by atoms with van der Waals surface area (Å²) >= 11 is 0. The van der Waals surface area contributed by atoms with Crippen LogP contribution in [-0.4, -0.2) is 36.1 Å². The molecule has 0 aromatic heterocycles. The van der Waals surface area contributed by atoms with Crippen molar-refractivity contribution in [2.75, 3.05) is 26.2 Å². The van der Waals surface area contributed by atoms with E-state index >= 15 is 0 Å². The largest absolute Gasteiger partial charge is 0.492 e. The van der Waals surface area contributed by atoms with Gasteiger partial charge in [-0.05, 0) is 50.9 Å². The van der Waals surface area contributed by atoms with Crippen molar-refractivity contribution in [3.8, 4) is 5.75 Å². The van der Waals surface area contributed by atoms with Gasteiger partial charge in [-0.1, -0.05) is 0 Å². The van der Waals surface area contributed by atoms with E-state index in [2.05, 4.69) is 4.90 Å². The van der Waals surface area contributed by atoms with Gasteiger partial charge < -0.3 is 4.74 Å². The molecule has 104 valence electrons. The summed E-state index contributed by atoms with van der Waals surface area (Å²) in [5, 5.41) is 10.8. The Kier molecular flexibility index (Phi) is 4.37. The number of non-ortho nitro benzene ring substituents is 1. The van der Waals surface area contributed by atoms with E-state index in [1.165, 1.54) is 12.8 Å². The molecule has 1 aliphatic rings. The predicted octanol–water partition coefficient (Wildman–Crippen LogP) is 2.69. The lowest BCUT2D eigenvalue weighted by Gasteiger charge is -2.17. The molecule has 5 nitrogen and oxygen atoms in total. The summed E-state index contributed by atoms with van der Waals surface area (Å²) in [7, 11) is 0. The third kappa shape index (κ3) is 3.44. The molecule has 19 heavy (non-hydrogen) atoms. The number of ether oxygens (including phenoxy) is 1. The summed E-state index contributed by atoms with van der Waals surface area (Å²) in [6.07, 6.45) is 2.55. The molecule has 0 bridgehead atoms. The Labute approximate surface area is 113 Å². The number of nitro benzene ring substituents is 1. The molecular weight excluding hydrogens is 244 g/mol. The van der Waals surface area contributed by atoms with E-state index in [-0.39, 0.29) is 10.6 Å². The summed E-state index contributed by atoms with van der Waals surface area (Å²) in [5.74, 6) is 0.782. The van der Waals surface area contributed by atoms with Gasteiger partial charge in [0.25, 0.3) is 5.69 Å². The van der Waals surface area contributed by atoms with Gasteiger partial charge >= 0.3 is 0 Å². The maximum atomic E-state index is 10.8. The molecule has 0 aliphatic carbocycles. The molecule has 0 spiro atoms. The van der Waals surface area contributed by atoms with E-state index in [0.29, 0.717) is 6.61 Å². The molecule has 2 rings (SSSR count). The van der Waals surface area contributed by atoms with Crippen molar-refractivity contribution in [3.63, 3.8) is 0 Å². The highest BCUT2D eigenvalue weighted by Gasteiger charge is 2.14. The van der Waals surface area contributed by atoms with Crippen LogP contribution in [0.25, 0.3) is 0 Å². The highest BCUT2D eigenvalue weighted by molar-refractivity contribution is 5.48. The van der Waals surface area contributed by atoms with E-state index in [1.807, 2.05) is 13.8 Å². The summed E-state index contributed by atoms with van der Waals surface area (Å²) in [6.45, 7) is 7.58. The van der Waals surface area contributed by atoms with Crippen molar-refractivity contribution in [1.29, 1.82) is 0 Å². The van der Waals surface area contributed by atoms with Gasteiger partial charge in [-0.2, -0.15) is 0 Å². The Bertz CT molecular complexity index is 445. The average molecular weight is 264 g/mol. The molecule has 5 heteroatoms. The number of nitro groups is 1. The zero-order valence-corrected chi connectivity index (χ0v) is 11.5. The van der Waals surface area contributed by atoms with Gasteiger partial charge in [-0.25, -0.2) is 0 Å². The van der Waals surface area contributed by atoms with Crippen molar-refractivity contribution in [3.05, 3.63) is 33.4 Å². The van der Waals surface area contributed by atoms with Crippen LogP contribution in [0.1, 0.15) is 24.0 Å². The second-order valence-electron chi connectivity index (χ2n) is 5.06. The van der Waals surface area contributed by atoms with Gasteiger partial charge in [0.2, 0.25) is 0 Å². The van der Waals surface area contributed by atoms with Gasteiger partial charge in [-0.3, -0.25) is 15.0 Å². The zero-order valence-electron chi connectivity index (χ0n) is 11.5. The predicted molar refractivity (Wildman–Crippen MR) is 73.7 cm³/mol.